The van der Waals surface area contributed by atoms with Gasteiger partial charge in [0.15, 0.2) is 0 Å². The fourth-order valence-electron chi connectivity index (χ4n) is 5.38. The Bertz CT molecular complexity index is 1150. The summed E-state index contributed by atoms with van der Waals surface area (Å²) in [4.78, 5) is 26.8. The van der Waals surface area contributed by atoms with Crippen molar-refractivity contribution in [3.63, 3.8) is 0 Å². The Balaban J connectivity index is 1.14. The molecule has 0 bridgehead atoms. The second-order valence-corrected chi connectivity index (χ2v) is 9.56. The molecule has 5 heterocycles. The molecule has 6 rings (SSSR count). The Kier molecular flexibility index (Phi) is 5.14. The number of hydrogen-bond donors (Lipinski definition) is 1. The van der Waals surface area contributed by atoms with Gasteiger partial charge in [0, 0.05) is 62.9 Å². The van der Waals surface area contributed by atoms with Crippen molar-refractivity contribution >= 4 is 11.7 Å². The molecule has 0 saturated carbocycles. The van der Waals surface area contributed by atoms with E-state index in [-0.39, 0.29) is 12.0 Å². The van der Waals surface area contributed by atoms with Gasteiger partial charge >= 0.3 is 0 Å². The van der Waals surface area contributed by atoms with Gasteiger partial charge in [0.1, 0.15) is 17.3 Å². The number of fused-ring (bicyclic) bond motifs is 1. The van der Waals surface area contributed by atoms with Crippen LogP contribution in [0.3, 0.4) is 0 Å². The highest BCUT2D eigenvalue weighted by Gasteiger charge is 2.31. The molecule has 1 amide bonds. The van der Waals surface area contributed by atoms with E-state index in [1.807, 2.05) is 23.2 Å². The lowest BCUT2D eigenvalue weighted by atomic mass is 9.95. The van der Waals surface area contributed by atoms with Crippen LogP contribution < -0.4 is 4.90 Å². The number of rotatable bonds is 4. The maximum Gasteiger partial charge on any atom is 0.274 e. The van der Waals surface area contributed by atoms with Gasteiger partial charge in [0.25, 0.3) is 5.91 Å². The Labute approximate surface area is 193 Å². The minimum Gasteiger partial charge on any atom is -0.389 e. The second kappa shape index (κ2) is 8.30. The standard InChI is InChI=1S/C26H29N5O2/c32-21-15-31(16-21)24-8-4-7-22(27-24)20-9-10-25-28-23(17-30(25)14-20)26(33)29-12-11-19(13-29)18-5-2-1-3-6-18/h1-8,17,19-21,32H,9-16H2. The monoisotopic (exact) mass is 443 g/mol. The highest BCUT2D eigenvalue weighted by molar-refractivity contribution is 5.92. The van der Waals surface area contributed by atoms with Gasteiger partial charge in [-0.3, -0.25) is 4.79 Å². The van der Waals surface area contributed by atoms with Crippen molar-refractivity contribution in [3.8, 4) is 0 Å². The number of hydrogen-bond acceptors (Lipinski definition) is 5. The summed E-state index contributed by atoms with van der Waals surface area (Å²) in [7, 11) is 0. The smallest absolute Gasteiger partial charge is 0.274 e. The Morgan fingerprint density at radius 3 is 2.58 bits per heavy atom. The topological polar surface area (TPSA) is 74.5 Å². The fourth-order valence-corrected chi connectivity index (χ4v) is 5.38. The number of pyridine rings is 1. The van der Waals surface area contributed by atoms with Crippen LogP contribution in [0.2, 0.25) is 0 Å². The maximum absolute atomic E-state index is 13.2. The van der Waals surface area contributed by atoms with Crippen LogP contribution in [-0.2, 0) is 13.0 Å². The molecule has 170 valence electrons. The lowest BCUT2D eigenvalue weighted by Gasteiger charge is -2.37. The third kappa shape index (κ3) is 3.91. The summed E-state index contributed by atoms with van der Waals surface area (Å²) in [5.41, 5.74) is 2.95. The van der Waals surface area contributed by atoms with Gasteiger partial charge in [-0.15, -0.1) is 0 Å². The van der Waals surface area contributed by atoms with E-state index < -0.39 is 0 Å². The lowest BCUT2D eigenvalue weighted by Crippen LogP contribution is -2.51. The summed E-state index contributed by atoms with van der Waals surface area (Å²) in [6, 6.07) is 16.6. The van der Waals surface area contributed by atoms with Crippen molar-refractivity contribution in [1.82, 2.24) is 19.4 Å². The molecule has 3 aliphatic heterocycles. The molecule has 1 N–H and O–H groups in total. The van der Waals surface area contributed by atoms with Crippen LogP contribution in [-0.4, -0.2) is 62.7 Å². The first-order chi connectivity index (χ1) is 16.1. The Morgan fingerprint density at radius 1 is 0.909 bits per heavy atom. The molecule has 7 heteroatoms. The number of aliphatic hydroxyl groups excluding tert-OH is 1. The molecule has 2 fully saturated rings. The van der Waals surface area contributed by atoms with E-state index in [0.29, 0.717) is 30.6 Å². The van der Waals surface area contributed by atoms with Crippen LogP contribution in [0.1, 0.15) is 52.2 Å². The lowest BCUT2D eigenvalue weighted by molar-refractivity contribution is 0.0785. The minimum atomic E-state index is -0.242. The SMILES string of the molecule is O=C(c1cn2c(n1)CCC(c1cccc(N3CC(O)C3)n1)C2)N1CCC(c2ccccc2)C1. The van der Waals surface area contributed by atoms with Crippen LogP contribution >= 0.6 is 0 Å². The zero-order chi connectivity index (χ0) is 22.4. The van der Waals surface area contributed by atoms with E-state index in [2.05, 4.69) is 45.9 Å². The summed E-state index contributed by atoms with van der Waals surface area (Å²) in [6.07, 6.45) is 4.52. The third-order valence-electron chi connectivity index (χ3n) is 7.32. The zero-order valence-electron chi connectivity index (χ0n) is 18.7. The number of nitrogens with zero attached hydrogens (tertiary/aromatic N) is 5. The van der Waals surface area contributed by atoms with Crippen molar-refractivity contribution in [1.29, 1.82) is 0 Å². The van der Waals surface area contributed by atoms with Gasteiger partial charge in [-0.25, -0.2) is 9.97 Å². The molecule has 2 atom stereocenters. The van der Waals surface area contributed by atoms with Crippen LogP contribution in [0.4, 0.5) is 5.82 Å². The predicted molar refractivity (Wildman–Crippen MR) is 125 cm³/mol. The molecule has 1 aromatic carbocycles. The largest absolute Gasteiger partial charge is 0.389 e. The van der Waals surface area contributed by atoms with Gasteiger partial charge in [-0.1, -0.05) is 36.4 Å². The van der Waals surface area contributed by atoms with Gasteiger partial charge < -0.3 is 19.5 Å². The molecule has 7 nitrogen and oxygen atoms in total. The fraction of sp³-hybridized carbons (Fsp3) is 0.423. The van der Waals surface area contributed by atoms with E-state index in [4.69, 9.17) is 9.97 Å². The van der Waals surface area contributed by atoms with Crippen LogP contribution in [0.15, 0.2) is 54.7 Å². The molecule has 0 radical (unpaired) electrons. The molecule has 0 aliphatic carbocycles. The van der Waals surface area contributed by atoms with E-state index in [0.717, 1.165) is 56.2 Å². The van der Waals surface area contributed by atoms with Crippen molar-refractivity contribution in [2.24, 2.45) is 0 Å². The normalized spacial score (nSPS) is 22.8. The van der Waals surface area contributed by atoms with Crippen LogP contribution in [0, 0.1) is 0 Å². The number of β-amino-alcohol motifs (C(OH)–C–C–N with tert-alkyl or cyclic N) is 1. The van der Waals surface area contributed by atoms with Crippen molar-refractivity contribution in [3.05, 3.63) is 77.5 Å². The van der Waals surface area contributed by atoms with Gasteiger partial charge in [-0.05, 0) is 30.5 Å². The van der Waals surface area contributed by atoms with Crippen molar-refractivity contribution in [2.75, 3.05) is 31.1 Å². The quantitative estimate of drug-likeness (QED) is 0.671. The molecule has 2 saturated heterocycles. The predicted octanol–water partition coefficient (Wildman–Crippen LogP) is 2.82. The van der Waals surface area contributed by atoms with Gasteiger partial charge in [-0.2, -0.15) is 0 Å². The number of imidazole rings is 1. The highest BCUT2D eigenvalue weighted by Crippen LogP contribution is 2.31. The molecule has 3 aromatic rings. The minimum absolute atomic E-state index is 0.0448. The Morgan fingerprint density at radius 2 is 1.76 bits per heavy atom. The van der Waals surface area contributed by atoms with E-state index in [1.165, 1.54) is 5.56 Å². The average molecular weight is 444 g/mol. The Hall–Kier alpha value is -3.19. The number of benzene rings is 1. The van der Waals surface area contributed by atoms with Crippen molar-refractivity contribution < 1.29 is 9.90 Å². The number of aliphatic hydroxyl groups is 1. The number of aromatic nitrogens is 3. The first-order valence-corrected chi connectivity index (χ1v) is 11.9. The first kappa shape index (κ1) is 20.4. The van der Waals surface area contributed by atoms with E-state index in [9.17, 15) is 9.90 Å². The third-order valence-corrected chi connectivity index (χ3v) is 7.32. The highest BCUT2D eigenvalue weighted by atomic mass is 16.3. The first-order valence-electron chi connectivity index (χ1n) is 11.9. The summed E-state index contributed by atoms with van der Waals surface area (Å²) >= 11 is 0. The molecule has 0 spiro atoms. The summed E-state index contributed by atoms with van der Waals surface area (Å²) in [6.45, 7) is 3.64. The van der Waals surface area contributed by atoms with Crippen LogP contribution in [0.25, 0.3) is 0 Å². The molecule has 33 heavy (non-hydrogen) atoms. The van der Waals surface area contributed by atoms with Crippen molar-refractivity contribution in [2.45, 2.75) is 43.7 Å². The number of aryl methyl sites for hydroxylation is 1. The summed E-state index contributed by atoms with van der Waals surface area (Å²) in [5.74, 6) is 2.68. The zero-order valence-corrected chi connectivity index (χ0v) is 18.7. The van der Waals surface area contributed by atoms with E-state index >= 15 is 0 Å². The molecule has 2 aromatic heterocycles. The molecular formula is C26H29N5O2. The molecular weight excluding hydrogens is 414 g/mol. The number of carbonyl (C=O) groups is 1. The molecule has 2 unspecified atom stereocenters. The number of likely N-dealkylation sites (tertiary alicyclic amines) is 1. The number of amides is 1. The van der Waals surface area contributed by atoms with Gasteiger partial charge in [0.2, 0.25) is 0 Å². The molecule has 3 aliphatic rings. The van der Waals surface area contributed by atoms with E-state index in [1.54, 1.807) is 0 Å². The number of anilines is 1. The van der Waals surface area contributed by atoms with Crippen LogP contribution in [0.5, 0.6) is 0 Å². The van der Waals surface area contributed by atoms with Gasteiger partial charge in [0.05, 0.1) is 6.10 Å². The second-order valence-electron chi connectivity index (χ2n) is 9.56. The summed E-state index contributed by atoms with van der Waals surface area (Å²) in [5, 5.41) is 9.59. The maximum atomic E-state index is 13.2. The number of carbonyl (C=O) groups excluding carboxylic acids is 1. The summed E-state index contributed by atoms with van der Waals surface area (Å²) < 4.78 is 2.15. The average Bonchev–Trinajstić information content (AvgIpc) is 3.49.